The molecule has 0 saturated heterocycles. The molecule has 2 N–H and O–H groups in total. The normalized spacial score (nSPS) is 14.1. The molecule has 0 unspecified atom stereocenters. The van der Waals surface area contributed by atoms with Crippen LogP contribution in [0.15, 0.2) is 30.5 Å². The number of nitrogens with zero attached hydrogens (tertiary/aromatic N) is 3. The van der Waals surface area contributed by atoms with Crippen molar-refractivity contribution in [3.8, 4) is 0 Å². The summed E-state index contributed by atoms with van der Waals surface area (Å²) in [4.78, 5) is 25.9. The van der Waals surface area contributed by atoms with Crippen LogP contribution in [0.3, 0.4) is 0 Å². The number of fused-ring (bicyclic) bond motifs is 1. The Kier molecular flexibility index (Phi) is 3.01. The summed E-state index contributed by atoms with van der Waals surface area (Å²) < 4.78 is 1.79. The first-order chi connectivity index (χ1) is 9.99. The minimum Gasteiger partial charge on any atom is -0.398 e. The van der Waals surface area contributed by atoms with Gasteiger partial charge in [0.25, 0.3) is 11.8 Å². The van der Waals surface area contributed by atoms with Gasteiger partial charge in [-0.25, -0.2) is 0 Å². The maximum absolute atomic E-state index is 12.4. The van der Waals surface area contributed by atoms with Gasteiger partial charge >= 0.3 is 0 Å². The lowest BCUT2D eigenvalue weighted by Crippen LogP contribution is -2.29. The van der Waals surface area contributed by atoms with Crippen LogP contribution in [-0.2, 0) is 6.54 Å². The third-order valence-electron chi connectivity index (χ3n) is 3.54. The average molecular weight is 284 g/mol. The Morgan fingerprint density at radius 3 is 2.57 bits per heavy atom. The molecule has 3 rings (SSSR count). The fourth-order valence-corrected chi connectivity index (χ4v) is 2.41. The van der Waals surface area contributed by atoms with E-state index in [0.29, 0.717) is 22.5 Å². The van der Waals surface area contributed by atoms with Crippen molar-refractivity contribution < 1.29 is 9.59 Å². The molecule has 6 nitrogen and oxygen atoms in total. The van der Waals surface area contributed by atoms with Crippen LogP contribution >= 0.6 is 0 Å². The Hall–Kier alpha value is -2.63. The highest BCUT2D eigenvalue weighted by atomic mass is 16.2. The zero-order valence-corrected chi connectivity index (χ0v) is 11.9. The number of carbonyl (C=O) groups excluding carboxylic acids is 2. The number of hydrogen-bond acceptors (Lipinski definition) is 4. The third-order valence-corrected chi connectivity index (χ3v) is 3.54. The Morgan fingerprint density at radius 1 is 1.19 bits per heavy atom. The van der Waals surface area contributed by atoms with Crippen molar-refractivity contribution in [2.75, 3.05) is 5.73 Å². The molecule has 1 aliphatic heterocycles. The van der Waals surface area contributed by atoms with E-state index in [1.807, 2.05) is 26.1 Å². The van der Waals surface area contributed by atoms with Crippen molar-refractivity contribution in [1.29, 1.82) is 0 Å². The minimum atomic E-state index is -0.354. The number of anilines is 1. The zero-order chi connectivity index (χ0) is 15.1. The standard InChI is InChI=1S/C15H16N4O2/c1-9(2)19-7-6-10(17-19)8-18-14(20)11-4-3-5-12(16)13(11)15(18)21/h3-7,9H,8,16H2,1-2H3. The predicted octanol–water partition coefficient (Wildman–Crippen LogP) is 1.84. The number of rotatable bonds is 3. The molecule has 1 aliphatic rings. The Bertz CT molecular complexity index is 733. The summed E-state index contributed by atoms with van der Waals surface area (Å²) in [7, 11) is 0. The SMILES string of the molecule is CC(C)n1ccc(CN2C(=O)c3cccc(N)c3C2=O)n1. The average Bonchev–Trinajstić information content (AvgIpc) is 3.00. The van der Waals surface area contributed by atoms with Gasteiger partial charge in [-0.15, -0.1) is 0 Å². The van der Waals surface area contributed by atoms with E-state index in [0.717, 1.165) is 0 Å². The lowest BCUT2D eigenvalue weighted by Gasteiger charge is -2.12. The highest BCUT2D eigenvalue weighted by Gasteiger charge is 2.37. The first-order valence-corrected chi connectivity index (χ1v) is 6.77. The van der Waals surface area contributed by atoms with Crippen molar-refractivity contribution in [1.82, 2.24) is 14.7 Å². The second kappa shape index (κ2) is 4.73. The van der Waals surface area contributed by atoms with Crippen LogP contribution < -0.4 is 5.73 Å². The topological polar surface area (TPSA) is 81.2 Å². The molecule has 0 radical (unpaired) electrons. The molecule has 2 amide bonds. The Morgan fingerprint density at radius 2 is 1.95 bits per heavy atom. The van der Waals surface area contributed by atoms with Gasteiger partial charge < -0.3 is 5.73 Å². The molecule has 0 aliphatic carbocycles. The largest absolute Gasteiger partial charge is 0.398 e. The highest BCUT2D eigenvalue weighted by Crippen LogP contribution is 2.28. The van der Waals surface area contributed by atoms with E-state index >= 15 is 0 Å². The summed E-state index contributed by atoms with van der Waals surface area (Å²) >= 11 is 0. The van der Waals surface area contributed by atoms with E-state index < -0.39 is 0 Å². The maximum atomic E-state index is 12.4. The summed E-state index contributed by atoms with van der Waals surface area (Å²) in [6, 6.07) is 6.97. The van der Waals surface area contributed by atoms with E-state index in [-0.39, 0.29) is 24.4 Å². The molecule has 0 spiro atoms. The van der Waals surface area contributed by atoms with Crippen LogP contribution in [0.5, 0.6) is 0 Å². The Labute approximate surface area is 122 Å². The van der Waals surface area contributed by atoms with E-state index in [1.165, 1.54) is 4.90 Å². The fourth-order valence-electron chi connectivity index (χ4n) is 2.41. The molecule has 0 bridgehead atoms. The molecule has 2 heterocycles. The summed E-state index contributed by atoms with van der Waals surface area (Å²) in [5, 5.41) is 4.37. The molecule has 0 atom stereocenters. The molecule has 2 aromatic rings. The number of aromatic nitrogens is 2. The second-order valence-electron chi connectivity index (χ2n) is 5.35. The third kappa shape index (κ3) is 2.08. The molecule has 0 saturated carbocycles. The molecule has 1 aromatic carbocycles. The van der Waals surface area contributed by atoms with Crippen LogP contribution in [0.1, 0.15) is 46.3 Å². The highest BCUT2D eigenvalue weighted by molar-refractivity contribution is 6.23. The number of nitrogens with two attached hydrogens (primary N) is 1. The fraction of sp³-hybridized carbons (Fsp3) is 0.267. The molecule has 21 heavy (non-hydrogen) atoms. The quantitative estimate of drug-likeness (QED) is 0.689. The Balaban J connectivity index is 1.89. The first kappa shape index (κ1) is 13.4. The van der Waals surface area contributed by atoms with Gasteiger partial charge in [0.2, 0.25) is 0 Å². The molecular weight excluding hydrogens is 268 g/mol. The zero-order valence-electron chi connectivity index (χ0n) is 11.9. The van der Waals surface area contributed by atoms with E-state index in [1.54, 1.807) is 22.9 Å². The van der Waals surface area contributed by atoms with Gasteiger partial charge in [-0.05, 0) is 32.0 Å². The second-order valence-corrected chi connectivity index (χ2v) is 5.35. The van der Waals surface area contributed by atoms with E-state index in [9.17, 15) is 9.59 Å². The smallest absolute Gasteiger partial charge is 0.264 e. The van der Waals surface area contributed by atoms with E-state index in [2.05, 4.69) is 5.10 Å². The number of hydrogen-bond donors (Lipinski definition) is 1. The summed E-state index contributed by atoms with van der Waals surface area (Å²) in [5.74, 6) is -0.673. The van der Waals surface area contributed by atoms with Crippen LogP contribution in [0, 0.1) is 0 Å². The van der Waals surface area contributed by atoms with Crippen LogP contribution in [0.4, 0.5) is 5.69 Å². The number of nitrogen functional groups attached to an aromatic ring is 1. The molecule has 0 fully saturated rings. The van der Waals surface area contributed by atoms with E-state index in [4.69, 9.17) is 5.73 Å². The van der Waals surface area contributed by atoms with Crippen molar-refractivity contribution >= 4 is 17.5 Å². The van der Waals surface area contributed by atoms with Crippen molar-refractivity contribution in [3.63, 3.8) is 0 Å². The molecule has 6 heteroatoms. The van der Waals surface area contributed by atoms with Gasteiger partial charge in [0.05, 0.1) is 23.4 Å². The van der Waals surface area contributed by atoms with Gasteiger partial charge in [0, 0.05) is 17.9 Å². The lowest BCUT2D eigenvalue weighted by molar-refractivity contribution is 0.0640. The monoisotopic (exact) mass is 284 g/mol. The van der Waals surface area contributed by atoms with Crippen LogP contribution in [0.25, 0.3) is 0 Å². The van der Waals surface area contributed by atoms with Gasteiger partial charge in [-0.1, -0.05) is 6.07 Å². The van der Waals surface area contributed by atoms with Gasteiger partial charge in [0.15, 0.2) is 0 Å². The van der Waals surface area contributed by atoms with Crippen LogP contribution in [-0.4, -0.2) is 26.5 Å². The number of benzene rings is 1. The van der Waals surface area contributed by atoms with Crippen molar-refractivity contribution in [3.05, 3.63) is 47.3 Å². The summed E-state index contributed by atoms with van der Waals surface area (Å²) in [5.41, 5.74) is 7.48. The predicted molar refractivity (Wildman–Crippen MR) is 77.7 cm³/mol. The lowest BCUT2D eigenvalue weighted by atomic mass is 10.1. The van der Waals surface area contributed by atoms with Crippen LogP contribution in [0.2, 0.25) is 0 Å². The van der Waals surface area contributed by atoms with Crippen molar-refractivity contribution in [2.45, 2.75) is 26.4 Å². The molecule has 108 valence electrons. The molecular formula is C15H16N4O2. The van der Waals surface area contributed by atoms with Gasteiger partial charge in [0.1, 0.15) is 0 Å². The number of amides is 2. The first-order valence-electron chi connectivity index (χ1n) is 6.77. The number of imide groups is 1. The minimum absolute atomic E-state index is 0.158. The summed E-state index contributed by atoms with van der Waals surface area (Å²) in [6.07, 6.45) is 1.84. The maximum Gasteiger partial charge on any atom is 0.264 e. The van der Waals surface area contributed by atoms with Gasteiger partial charge in [-0.2, -0.15) is 5.10 Å². The number of carbonyl (C=O) groups is 2. The molecule has 1 aromatic heterocycles. The van der Waals surface area contributed by atoms with Crippen molar-refractivity contribution in [2.24, 2.45) is 0 Å². The summed E-state index contributed by atoms with van der Waals surface area (Å²) in [6.45, 7) is 4.19. The van der Waals surface area contributed by atoms with Gasteiger partial charge in [-0.3, -0.25) is 19.2 Å².